The van der Waals surface area contributed by atoms with Gasteiger partial charge in [0.2, 0.25) is 0 Å². The maximum Gasteiger partial charge on any atom is 0.495 e. The summed E-state index contributed by atoms with van der Waals surface area (Å²) in [5.41, 5.74) is 0.628. The summed E-state index contributed by atoms with van der Waals surface area (Å²) in [7, 11) is -2.58. The van der Waals surface area contributed by atoms with Crippen LogP contribution in [0.5, 0.6) is 0 Å². The lowest BCUT2D eigenvalue weighted by atomic mass is 9.76. The van der Waals surface area contributed by atoms with Crippen molar-refractivity contribution >= 4 is 26.6 Å². The molecule has 0 radical (unpaired) electrons. The predicted molar refractivity (Wildman–Crippen MR) is 111 cm³/mol. The van der Waals surface area contributed by atoms with Crippen LogP contribution in [0.4, 0.5) is 5.69 Å². The van der Waals surface area contributed by atoms with Gasteiger partial charge in [0.05, 0.1) is 22.7 Å². The van der Waals surface area contributed by atoms with Crippen LogP contribution in [0.1, 0.15) is 54.0 Å². The van der Waals surface area contributed by atoms with Crippen molar-refractivity contribution < 1.29 is 18.7 Å². The summed E-state index contributed by atoms with van der Waals surface area (Å²) in [6.07, 6.45) is 0. The standard InChI is InChI=1S/C19H32BNO5Si/c1-17(2,3)27(8,9)24-13-14-12-15(21(22)23)10-11-16(14)20-25-18(4,5)19(6,7)26-20/h10-12H,13H2,1-9H3. The van der Waals surface area contributed by atoms with Gasteiger partial charge in [-0.15, -0.1) is 0 Å². The van der Waals surface area contributed by atoms with Gasteiger partial charge < -0.3 is 13.7 Å². The zero-order valence-corrected chi connectivity index (χ0v) is 19.0. The molecule has 0 unspecified atom stereocenters. The molecule has 0 amide bonds. The fraction of sp³-hybridized carbons (Fsp3) is 0.684. The van der Waals surface area contributed by atoms with Crippen LogP contribution in [0.2, 0.25) is 18.1 Å². The van der Waals surface area contributed by atoms with E-state index in [9.17, 15) is 10.1 Å². The number of nitrogens with zero attached hydrogens (tertiary/aromatic N) is 1. The van der Waals surface area contributed by atoms with E-state index >= 15 is 0 Å². The van der Waals surface area contributed by atoms with Gasteiger partial charge in [0.1, 0.15) is 0 Å². The summed E-state index contributed by atoms with van der Waals surface area (Å²) in [6, 6.07) is 4.80. The van der Waals surface area contributed by atoms with E-state index in [0.29, 0.717) is 6.61 Å². The van der Waals surface area contributed by atoms with Crippen molar-refractivity contribution in [1.29, 1.82) is 0 Å². The fourth-order valence-electron chi connectivity index (χ4n) is 2.51. The molecule has 1 aromatic rings. The monoisotopic (exact) mass is 393 g/mol. The van der Waals surface area contributed by atoms with Gasteiger partial charge in [0.25, 0.3) is 5.69 Å². The van der Waals surface area contributed by atoms with E-state index in [-0.39, 0.29) is 15.6 Å². The second kappa shape index (κ2) is 6.99. The van der Waals surface area contributed by atoms with Gasteiger partial charge in [-0.05, 0) is 56.9 Å². The Bertz CT molecular complexity index is 711. The van der Waals surface area contributed by atoms with Crippen LogP contribution in [0.15, 0.2) is 18.2 Å². The highest BCUT2D eigenvalue weighted by Crippen LogP contribution is 2.38. The molecule has 1 aromatic carbocycles. The molecule has 1 aliphatic rings. The highest BCUT2D eigenvalue weighted by Gasteiger charge is 2.52. The van der Waals surface area contributed by atoms with Crippen LogP contribution in [0.25, 0.3) is 0 Å². The molecule has 1 saturated heterocycles. The number of benzene rings is 1. The predicted octanol–water partition coefficient (Wildman–Crippen LogP) is 4.42. The molecule has 0 aliphatic carbocycles. The van der Waals surface area contributed by atoms with Crippen molar-refractivity contribution in [3.8, 4) is 0 Å². The Labute approximate surface area is 164 Å². The van der Waals surface area contributed by atoms with Crippen LogP contribution in [0, 0.1) is 10.1 Å². The summed E-state index contributed by atoms with van der Waals surface area (Å²) in [5, 5.41) is 11.3. The Morgan fingerprint density at radius 1 is 1.15 bits per heavy atom. The van der Waals surface area contributed by atoms with Crippen molar-refractivity contribution in [3.05, 3.63) is 33.9 Å². The fourth-order valence-corrected chi connectivity index (χ4v) is 3.45. The van der Waals surface area contributed by atoms with Crippen LogP contribution < -0.4 is 5.46 Å². The van der Waals surface area contributed by atoms with E-state index in [1.165, 1.54) is 6.07 Å². The van der Waals surface area contributed by atoms with Gasteiger partial charge in [0.15, 0.2) is 8.32 Å². The second-order valence-corrected chi connectivity index (χ2v) is 14.6. The lowest BCUT2D eigenvalue weighted by Gasteiger charge is -2.36. The van der Waals surface area contributed by atoms with Gasteiger partial charge in [-0.1, -0.05) is 26.8 Å². The SMILES string of the molecule is CC1(C)OB(c2ccc([N+](=O)[O-])cc2CO[Si](C)(C)C(C)(C)C)OC1(C)C. The first-order valence-corrected chi connectivity index (χ1v) is 12.2. The van der Waals surface area contributed by atoms with Crippen LogP contribution in [0.3, 0.4) is 0 Å². The van der Waals surface area contributed by atoms with Crippen molar-refractivity contribution in [2.24, 2.45) is 0 Å². The average Bonchev–Trinajstić information content (AvgIpc) is 2.71. The quantitative estimate of drug-likeness (QED) is 0.421. The molecule has 1 fully saturated rings. The maximum atomic E-state index is 11.3. The van der Waals surface area contributed by atoms with E-state index in [4.69, 9.17) is 13.7 Å². The zero-order valence-electron chi connectivity index (χ0n) is 18.0. The summed E-state index contributed by atoms with van der Waals surface area (Å²) in [4.78, 5) is 10.9. The number of rotatable bonds is 5. The van der Waals surface area contributed by atoms with E-state index in [0.717, 1.165) is 11.0 Å². The van der Waals surface area contributed by atoms with Crippen molar-refractivity contribution in [2.45, 2.75) is 84.4 Å². The minimum absolute atomic E-state index is 0.0455. The number of hydrogen-bond acceptors (Lipinski definition) is 5. The molecule has 0 aromatic heterocycles. The smallest absolute Gasteiger partial charge is 0.413 e. The molecular formula is C19H32BNO5Si. The topological polar surface area (TPSA) is 70.8 Å². The van der Waals surface area contributed by atoms with Crippen LogP contribution in [-0.2, 0) is 20.3 Å². The third-order valence-corrected chi connectivity index (χ3v) is 10.7. The summed E-state index contributed by atoms with van der Waals surface area (Å²) < 4.78 is 18.6. The first-order valence-electron chi connectivity index (χ1n) is 9.34. The number of nitro benzene ring substituents is 1. The Morgan fingerprint density at radius 2 is 1.67 bits per heavy atom. The third kappa shape index (κ3) is 4.45. The van der Waals surface area contributed by atoms with Gasteiger partial charge in [-0.25, -0.2) is 0 Å². The van der Waals surface area contributed by atoms with E-state index in [2.05, 4.69) is 33.9 Å². The average molecular weight is 393 g/mol. The van der Waals surface area contributed by atoms with Crippen molar-refractivity contribution in [1.82, 2.24) is 0 Å². The molecule has 1 aliphatic heterocycles. The Kier molecular flexibility index (Phi) is 5.71. The second-order valence-electron chi connectivity index (χ2n) is 9.78. The normalized spacial score (nSPS) is 19.4. The highest BCUT2D eigenvalue weighted by molar-refractivity contribution is 6.74. The molecule has 150 valence electrons. The minimum Gasteiger partial charge on any atom is -0.413 e. The highest BCUT2D eigenvalue weighted by atomic mass is 28.4. The molecule has 0 bridgehead atoms. The van der Waals surface area contributed by atoms with E-state index in [1.54, 1.807) is 12.1 Å². The number of hydrogen-bond donors (Lipinski definition) is 0. The third-order valence-electron chi connectivity index (χ3n) is 6.24. The lowest BCUT2D eigenvalue weighted by molar-refractivity contribution is -0.384. The van der Waals surface area contributed by atoms with Gasteiger partial charge in [-0.3, -0.25) is 10.1 Å². The van der Waals surface area contributed by atoms with Gasteiger partial charge in [0, 0.05) is 12.1 Å². The van der Waals surface area contributed by atoms with Crippen LogP contribution in [-0.4, -0.2) is 31.6 Å². The van der Waals surface area contributed by atoms with Crippen LogP contribution >= 0.6 is 0 Å². The minimum atomic E-state index is -2.00. The number of nitro groups is 1. The Balaban J connectivity index is 2.37. The van der Waals surface area contributed by atoms with Gasteiger partial charge >= 0.3 is 7.12 Å². The van der Waals surface area contributed by atoms with E-state index < -0.39 is 26.6 Å². The van der Waals surface area contributed by atoms with Crippen molar-refractivity contribution in [3.63, 3.8) is 0 Å². The molecule has 6 nitrogen and oxygen atoms in total. The molecule has 0 saturated carbocycles. The molecule has 0 N–H and O–H groups in total. The molecule has 0 atom stereocenters. The maximum absolute atomic E-state index is 11.3. The summed E-state index contributed by atoms with van der Waals surface area (Å²) in [6.45, 7) is 19.1. The molecule has 1 heterocycles. The molecule has 2 rings (SSSR count). The molecular weight excluding hydrogens is 361 g/mol. The number of non-ortho nitro benzene ring substituents is 1. The van der Waals surface area contributed by atoms with Gasteiger partial charge in [-0.2, -0.15) is 0 Å². The molecule has 27 heavy (non-hydrogen) atoms. The largest absolute Gasteiger partial charge is 0.495 e. The summed E-state index contributed by atoms with van der Waals surface area (Å²) in [5.74, 6) is 0. The first kappa shape index (κ1) is 22.1. The molecule has 8 heteroatoms. The van der Waals surface area contributed by atoms with E-state index in [1.807, 2.05) is 27.7 Å². The summed E-state index contributed by atoms with van der Waals surface area (Å²) >= 11 is 0. The van der Waals surface area contributed by atoms with Crippen molar-refractivity contribution in [2.75, 3.05) is 0 Å². The Hall–Kier alpha value is -1.22. The zero-order chi connectivity index (χ0) is 20.8. The molecule has 0 spiro atoms. The Morgan fingerprint density at radius 3 is 2.11 bits per heavy atom. The first-order chi connectivity index (χ1) is 12.1. The lowest BCUT2D eigenvalue weighted by Crippen LogP contribution is -2.42.